The van der Waals surface area contributed by atoms with Gasteiger partial charge in [-0.15, -0.1) is 0 Å². The number of hydrogen-bond donors (Lipinski definition) is 0. The zero-order valence-electron chi connectivity index (χ0n) is 12.3. The predicted molar refractivity (Wildman–Crippen MR) is 77.5 cm³/mol. The first-order valence-electron chi connectivity index (χ1n) is 6.83. The second kappa shape index (κ2) is 7.62. The molecule has 7 nitrogen and oxygen atoms in total. The van der Waals surface area contributed by atoms with Crippen molar-refractivity contribution in [2.75, 3.05) is 18.0 Å². The van der Waals surface area contributed by atoms with Gasteiger partial charge in [0, 0.05) is 30.8 Å². The van der Waals surface area contributed by atoms with Gasteiger partial charge >= 0.3 is 0 Å². The summed E-state index contributed by atoms with van der Waals surface area (Å²) in [6.45, 7) is 4.38. The van der Waals surface area contributed by atoms with Crippen LogP contribution in [0.15, 0.2) is 12.1 Å². The van der Waals surface area contributed by atoms with E-state index < -0.39 is 33.2 Å². The highest BCUT2D eigenvalue weighted by Gasteiger charge is 2.32. The number of halogens is 2. The summed E-state index contributed by atoms with van der Waals surface area (Å²) in [6.07, 6.45) is -1.78. The minimum Gasteiger partial charge on any atom is -0.360 e. The number of nitrogens with zero attached hydrogens (tertiary/aromatic N) is 3. The second-order valence-electron chi connectivity index (χ2n) is 4.71. The van der Waals surface area contributed by atoms with Crippen LogP contribution in [0.5, 0.6) is 0 Å². The molecule has 0 aliphatic rings. The van der Waals surface area contributed by atoms with Gasteiger partial charge < -0.3 is 4.90 Å². The van der Waals surface area contributed by atoms with Gasteiger partial charge in [-0.05, 0) is 12.8 Å². The van der Waals surface area contributed by atoms with Crippen molar-refractivity contribution in [3.63, 3.8) is 0 Å². The lowest BCUT2D eigenvalue weighted by Crippen LogP contribution is -2.26. The summed E-state index contributed by atoms with van der Waals surface area (Å²) in [5.74, 6) is 0. The lowest BCUT2D eigenvalue weighted by atomic mass is 10.1. The molecular weight excluding hydrogens is 300 g/mol. The molecule has 0 saturated heterocycles. The zero-order valence-corrected chi connectivity index (χ0v) is 12.3. The Bertz CT molecular complexity index is 525. The highest BCUT2D eigenvalue weighted by Crippen LogP contribution is 2.41. The van der Waals surface area contributed by atoms with E-state index in [1.807, 2.05) is 13.8 Å². The van der Waals surface area contributed by atoms with Crippen LogP contribution >= 0.6 is 0 Å². The maximum atomic E-state index is 12.8. The molecule has 0 unspecified atom stereocenters. The molecule has 122 valence electrons. The first-order chi connectivity index (χ1) is 10.3. The van der Waals surface area contributed by atoms with E-state index in [9.17, 15) is 29.0 Å². The van der Waals surface area contributed by atoms with Crippen LogP contribution in [-0.4, -0.2) is 22.9 Å². The monoisotopic (exact) mass is 317 g/mol. The molecule has 0 aromatic heterocycles. The quantitative estimate of drug-likeness (QED) is 0.532. The van der Waals surface area contributed by atoms with Crippen molar-refractivity contribution in [1.82, 2.24) is 0 Å². The lowest BCUT2D eigenvalue weighted by Gasteiger charge is -2.23. The van der Waals surface area contributed by atoms with Gasteiger partial charge in [-0.2, -0.15) is 0 Å². The third-order valence-electron chi connectivity index (χ3n) is 3.04. The van der Waals surface area contributed by atoms with E-state index in [4.69, 9.17) is 0 Å². The normalized spacial score (nSPS) is 10.8. The molecule has 9 heteroatoms. The molecule has 1 aromatic rings. The van der Waals surface area contributed by atoms with Gasteiger partial charge in [0.25, 0.3) is 17.8 Å². The Kier molecular flexibility index (Phi) is 6.14. The van der Waals surface area contributed by atoms with Crippen molar-refractivity contribution in [2.45, 2.75) is 33.1 Å². The molecule has 0 aliphatic carbocycles. The Morgan fingerprint density at radius 2 is 1.45 bits per heavy atom. The molecule has 0 radical (unpaired) electrons. The molecule has 0 aliphatic heterocycles. The number of nitro benzene ring substituents is 2. The maximum Gasteiger partial charge on any atom is 0.300 e. The Morgan fingerprint density at radius 3 is 1.73 bits per heavy atom. The summed E-state index contributed by atoms with van der Waals surface area (Å²) < 4.78 is 25.6. The van der Waals surface area contributed by atoms with Crippen molar-refractivity contribution in [3.05, 3.63) is 37.9 Å². The van der Waals surface area contributed by atoms with Crippen LogP contribution in [0.2, 0.25) is 0 Å². The minimum absolute atomic E-state index is 0.205. The molecule has 0 fully saturated rings. The Balaban J connectivity index is 3.62. The van der Waals surface area contributed by atoms with E-state index >= 15 is 0 Å². The maximum absolute atomic E-state index is 12.8. The highest BCUT2D eigenvalue weighted by atomic mass is 19.3. The molecule has 0 amide bonds. The van der Waals surface area contributed by atoms with Gasteiger partial charge in [-0.25, -0.2) is 8.78 Å². The van der Waals surface area contributed by atoms with E-state index in [2.05, 4.69) is 0 Å². The zero-order chi connectivity index (χ0) is 16.9. The van der Waals surface area contributed by atoms with E-state index in [1.54, 1.807) is 0 Å². The van der Waals surface area contributed by atoms with Crippen molar-refractivity contribution in [2.24, 2.45) is 0 Å². The Hall–Kier alpha value is -2.32. The number of anilines is 1. The van der Waals surface area contributed by atoms with Crippen molar-refractivity contribution >= 4 is 17.1 Å². The fourth-order valence-corrected chi connectivity index (χ4v) is 2.23. The topological polar surface area (TPSA) is 89.5 Å². The van der Waals surface area contributed by atoms with Crippen LogP contribution in [-0.2, 0) is 0 Å². The fraction of sp³-hybridized carbons (Fsp3) is 0.538. The van der Waals surface area contributed by atoms with Gasteiger partial charge in [-0.1, -0.05) is 13.8 Å². The third kappa shape index (κ3) is 3.86. The Morgan fingerprint density at radius 1 is 1.05 bits per heavy atom. The second-order valence-corrected chi connectivity index (χ2v) is 4.71. The molecule has 0 bridgehead atoms. The van der Waals surface area contributed by atoms with Crippen LogP contribution in [0, 0.1) is 20.2 Å². The van der Waals surface area contributed by atoms with Gasteiger partial charge in [0.05, 0.1) is 9.85 Å². The van der Waals surface area contributed by atoms with E-state index in [0.717, 1.165) is 0 Å². The van der Waals surface area contributed by atoms with Crippen molar-refractivity contribution in [1.29, 1.82) is 0 Å². The van der Waals surface area contributed by atoms with Crippen LogP contribution < -0.4 is 4.90 Å². The number of nitro groups is 2. The molecule has 1 rings (SSSR count). The fourth-order valence-electron chi connectivity index (χ4n) is 2.23. The predicted octanol–water partition coefficient (Wildman–Crippen LogP) is 4.07. The standard InChI is InChI=1S/C13H17F2N3O4/c1-3-5-16(6-4-2)12-10(17(19)20)7-9(13(14)15)8-11(12)18(21)22/h7-8,13H,3-6H2,1-2H3. The van der Waals surface area contributed by atoms with Crippen LogP contribution in [0.1, 0.15) is 38.7 Å². The molecule has 0 saturated carbocycles. The van der Waals surface area contributed by atoms with Crippen LogP contribution in [0.25, 0.3) is 0 Å². The number of hydrogen-bond acceptors (Lipinski definition) is 5. The average molecular weight is 317 g/mol. The smallest absolute Gasteiger partial charge is 0.300 e. The first-order valence-corrected chi connectivity index (χ1v) is 6.83. The molecule has 0 spiro atoms. The molecule has 22 heavy (non-hydrogen) atoms. The SMILES string of the molecule is CCCN(CCC)c1c([N+](=O)[O-])cc(C(F)F)cc1[N+](=O)[O-]. The lowest BCUT2D eigenvalue weighted by molar-refractivity contribution is -0.392. The minimum atomic E-state index is -3.02. The van der Waals surface area contributed by atoms with Crippen molar-refractivity contribution < 1.29 is 18.6 Å². The number of alkyl halides is 2. The van der Waals surface area contributed by atoms with E-state index in [1.165, 1.54) is 4.90 Å². The summed E-state index contributed by atoms with van der Waals surface area (Å²) in [5.41, 5.74) is -2.25. The molecular formula is C13H17F2N3O4. The van der Waals surface area contributed by atoms with Gasteiger partial charge in [-0.3, -0.25) is 20.2 Å². The summed E-state index contributed by atoms with van der Waals surface area (Å²) in [7, 11) is 0. The Labute approximate surface area is 125 Å². The number of rotatable bonds is 8. The highest BCUT2D eigenvalue weighted by molar-refractivity contribution is 5.76. The van der Waals surface area contributed by atoms with Crippen LogP contribution in [0.4, 0.5) is 25.8 Å². The summed E-state index contributed by atoms with van der Waals surface area (Å²) in [6, 6.07) is 1.43. The summed E-state index contributed by atoms with van der Waals surface area (Å²) in [4.78, 5) is 22.2. The summed E-state index contributed by atoms with van der Waals surface area (Å²) in [5, 5.41) is 22.4. The first kappa shape index (κ1) is 17.7. The van der Waals surface area contributed by atoms with Gasteiger partial charge in [0.2, 0.25) is 0 Å². The molecule has 0 heterocycles. The van der Waals surface area contributed by atoms with Gasteiger partial charge in [0.1, 0.15) is 0 Å². The third-order valence-corrected chi connectivity index (χ3v) is 3.04. The van der Waals surface area contributed by atoms with E-state index in [0.29, 0.717) is 38.1 Å². The van der Waals surface area contributed by atoms with Crippen molar-refractivity contribution in [3.8, 4) is 0 Å². The molecule has 1 aromatic carbocycles. The average Bonchev–Trinajstić information content (AvgIpc) is 2.45. The van der Waals surface area contributed by atoms with Gasteiger partial charge in [0.15, 0.2) is 5.69 Å². The number of benzene rings is 1. The molecule has 0 atom stereocenters. The molecule has 0 N–H and O–H groups in total. The largest absolute Gasteiger partial charge is 0.360 e. The van der Waals surface area contributed by atoms with Crippen LogP contribution in [0.3, 0.4) is 0 Å². The van der Waals surface area contributed by atoms with E-state index in [-0.39, 0.29) is 5.69 Å². The summed E-state index contributed by atoms with van der Waals surface area (Å²) >= 11 is 0.